The Morgan fingerprint density at radius 1 is 1.20 bits per heavy atom. The van der Waals surface area contributed by atoms with Crippen LogP contribution in [-0.2, 0) is 17.8 Å². The van der Waals surface area contributed by atoms with Crippen LogP contribution in [0.15, 0.2) is 59.9 Å². The highest BCUT2D eigenvalue weighted by atomic mass is 16.1. The molecular weight excluding hydrogens is 374 g/mol. The number of aromatic amines is 1. The van der Waals surface area contributed by atoms with Gasteiger partial charge in [-0.3, -0.25) is 9.48 Å². The average Bonchev–Trinajstić information content (AvgIpc) is 3.25. The molecule has 0 spiro atoms. The van der Waals surface area contributed by atoms with Crippen LogP contribution >= 0.6 is 0 Å². The largest absolute Gasteiger partial charge is 0.354 e. The van der Waals surface area contributed by atoms with E-state index < -0.39 is 0 Å². The summed E-state index contributed by atoms with van der Waals surface area (Å²) in [7, 11) is 0. The fourth-order valence-corrected chi connectivity index (χ4v) is 3.69. The molecule has 0 saturated heterocycles. The smallest absolute Gasteiger partial charge is 0.243 e. The molecule has 154 valence electrons. The van der Waals surface area contributed by atoms with E-state index in [0.717, 1.165) is 35.9 Å². The summed E-state index contributed by atoms with van der Waals surface area (Å²) in [6, 6.07) is 14.5. The third kappa shape index (κ3) is 4.33. The first-order valence-electron chi connectivity index (χ1n) is 10.3. The average molecular weight is 402 g/mol. The molecule has 1 amide bonds. The van der Waals surface area contributed by atoms with Crippen LogP contribution in [0.3, 0.4) is 0 Å². The van der Waals surface area contributed by atoms with Gasteiger partial charge < -0.3 is 10.3 Å². The van der Waals surface area contributed by atoms with Gasteiger partial charge in [-0.05, 0) is 50.1 Å². The van der Waals surface area contributed by atoms with Gasteiger partial charge in [0, 0.05) is 42.0 Å². The third-order valence-electron chi connectivity index (χ3n) is 5.19. The van der Waals surface area contributed by atoms with E-state index in [-0.39, 0.29) is 5.91 Å². The van der Waals surface area contributed by atoms with Crippen molar-refractivity contribution in [1.29, 1.82) is 0 Å². The molecule has 0 atom stereocenters. The maximum atomic E-state index is 11.4. The van der Waals surface area contributed by atoms with Gasteiger partial charge in [-0.2, -0.15) is 5.10 Å². The predicted octanol–water partition coefficient (Wildman–Crippen LogP) is 3.88. The molecule has 4 aromatic rings. The molecule has 0 aliphatic rings. The van der Waals surface area contributed by atoms with Gasteiger partial charge in [-0.25, -0.2) is 4.99 Å². The van der Waals surface area contributed by atoms with Crippen LogP contribution in [0.5, 0.6) is 0 Å². The first-order chi connectivity index (χ1) is 14.5. The monoisotopic (exact) mass is 401 g/mol. The van der Waals surface area contributed by atoms with Crippen molar-refractivity contribution in [2.24, 2.45) is 4.99 Å². The zero-order valence-electron chi connectivity index (χ0n) is 17.6. The van der Waals surface area contributed by atoms with Crippen molar-refractivity contribution in [3.8, 4) is 0 Å². The number of rotatable bonds is 6. The number of para-hydroxylation sites is 1. The number of nitrogens with one attached hydrogen (secondary N) is 2. The lowest BCUT2D eigenvalue weighted by Crippen LogP contribution is -2.16. The number of amides is 1. The third-order valence-corrected chi connectivity index (χ3v) is 5.19. The molecule has 2 aromatic heterocycles. The molecule has 2 N–H and O–H groups in total. The molecule has 0 bridgehead atoms. The van der Waals surface area contributed by atoms with Crippen molar-refractivity contribution in [2.75, 3.05) is 6.54 Å². The van der Waals surface area contributed by atoms with E-state index >= 15 is 0 Å². The number of H-pyrrole nitrogens is 1. The molecule has 0 aliphatic carbocycles. The number of benzene rings is 1. The van der Waals surface area contributed by atoms with Crippen molar-refractivity contribution in [1.82, 2.24) is 20.1 Å². The Morgan fingerprint density at radius 3 is 2.77 bits per heavy atom. The summed E-state index contributed by atoms with van der Waals surface area (Å²) >= 11 is 0. The van der Waals surface area contributed by atoms with Crippen LogP contribution < -0.4 is 10.7 Å². The van der Waals surface area contributed by atoms with Crippen LogP contribution in [0.1, 0.15) is 37.9 Å². The highest BCUT2D eigenvalue weighted by molar-refractivity contribution is 6.07. The number of nitrogens with zero attached hydrogens (tertiary/aromatic N) is 3. The van der Waals surface area contributed by atoms with Gasteiger partial charge >= 0.3 is 0 Å². The first kappa shape index (κ1) is 20.0. The zero-order valence-corrected chi connectivity index (χ0v) is 17.6. The molecule has 30 heavy (non-hydrogen) atoms. The minimum atomic E-state index is -0.200. The van der Waals surface area contributed by atoms with E-state index in [0.29, 0.717) is 11.4 Å². The second kappa shape index (κ2) is 8.63. The number of fused-ring (bicyclic) bond motifs is 3. The van der Waals surface area contributed by atoms with Gasteiger partial charge in [-0.1, -0.05) is 30.3 Å². The number of hydrogen-bond acceptors (Lipinski definition) is 3. The number of aromatic nitrogens is 3. The Bertz CT molecular complexity index is 1270. The van der Waals surface area contributed by atoms with E-state index in [1.54, 1.807) is 0 Å². The van der Waals surface area contributed by atoms with E-state index in [1.165, 1.54) is 23.4 Å². The maximum Gasteiger partial charge on any atom is 0.243 e. The van der Waals surface area contributed by atoms with E-state index in [9.17, 15) is 4.79 Å². The van der Waals surface area contributed by atoms with E-state index in [4.69, 9.17) is 0 Å². The summed E-state index contributed by atoms with van der Waals surface area (Å²) in [5.41, 5.74) is 4.56. The summed E-state index contributed by atoms with van der Waals surface area (Å²) < 4.78 is 1.99. The van der Waals surface area contributed by atoms with Crippen molar-refractivity contribution >= 4 is 27.7 Å². The SMILES string of the molecule is CC(=O)N=c1cccc2c(c1)[nH]c1c(CNCCc3cnn(C(C)C)c3)cccc12. The lowest BCUT2D eigenvalue weighted by molar-refractivity contribution is -0.116. The molecule has 2 aromatic carbocycles. The molecule has 2 heterocycles. The van der Waals surface area contributed by atoms with Gasteiger partial charge in [0.15, 0.2) is 0 Å². The van der Waals surface area contributed by atoms with Gasteiger partial charge in [0.25, 0.3) is 0 Å². The molecule has 0 aliphatic heterocycles. The fraction of sp³-hybridized carbons (Fsp3) is 0.292. The van der Waals surface area contributed by atoms with E-state index in [1.807, 2.05) is 29.1 Å². The number of carbonyl (C=O) groups is 1. The Labute approximate surface area is 175 Å². The standard InChI is InChI=1S/C24H27N5O/c1-16(2)29-15-18(13-26-29)10-11-25-14-19-6-4-9-22-21-8-5-7-20(27-17(3)30)12-23(21)28-24(19)22/h4-9,12-13,15-16,25,28H,10-11,14H2,1-3H3. The molecule has 4 rings (SSSR count). The van der Waals surface area contributed by atoms with Gasteiger partial charge in [0.1, 0.15) is 0 Å². The Balaban J connectivity index is 1.54. The zero-order chi connectivity index (χ0) is 21.1. The Hall–Kier alpha value is -3.25. The number of hydrogen-bond donors (Lipinski definition) is 2. The molecule has 6 heteroatoms. The molecular formula is C24H27N5O. The second-order valence-electron chi connectivity index (χ2n) is 7.87. The van der Waals surface area contributed by atoms with Crippen molar-refractivity contribution < 1.29 is 4.79 Å². The van der Waals surface area contributed by atoms with Crippen LogP contribution in [0.2, 0.25) is 0 Å². The quantitative estimate of drug-likeness (QED) is 0.482. The normalized spacial score (nSPS) is 12.3. The lowest BCUT2D eigenvalue weighted by Gasteiger charge is -2.06. The molecule has 0 radical (unpaired) electrons. The summed E-state index contributed by atoms with van der Waals surface area (Å²) in [5, 5.41) is 10.9. The minimum absolute atomic E-state index is 0.200. The molecule has 0 saturated carbocycles. The first-order valence-corrected chi connectivity index (χ1v) is 10.3. The molecule has 6 nitrogen and oxygen atoms in total. The fourth-order valence-electron chi connectivity index (χ4n) is 3.69. The van der Waals surface area contributed by atoms with Crippen LogP contribution in [0.25, 0.3) is 21.8 Å². The van der Waals surface area contributed by atoms with E-state index in [2.05, 4.69) is 64.7 Å². The van der Waals surface area contributed by atoms with Gasteiger partial charge in [-0.15, -0.1) is 0 Å². The highest BCUT2D eigenvalue weighted by Gasteiger charge is 2.08. The summed E-state index contributed by atoms with van der Waals surface area (Å²) in [4.78, 5) is 19.0. The predicted molar refractivity (Wildman–Crippen MR) is 120 cm³/mol. The summed E-state index contributed by atoms with van der Waals surface area (Å²) in [6.07, 6.45) is 5.01. The van der Waals surface area contributed by atoms with Crippen LogP contribution in [-0.4, -0.2) is 27.2 Å². The minimum Gasteiger partial charge on any atom is -0.354 e. The molecule has 0 fully saturated rings. The Kier molecular flexibility index (Phi) is 5.77. The second-order valence-corrected chi connectivity index (χ2v) is 7.87. The maximum absolute atomic E-state index is 11.4. The van der Waals surface area contributed by atoms with Crippen molar-refractivity contribution in [3.63, 3.8) is 0 Å². The Morgan fingerprint density at radius 2 is 2.00 bits per heavy atom. The topological polar surface area (TPSA) is 75.1 Å². The summed E-state index contributed by atoms with van der Waals surface area (Å²) in [6.45, 7) is 7.39. The van der Waals surface area contributed by atoms with Gasteiger partial charge in [0.05, 0.1) is 17.1 Å². The van der Waals surface area contributed by atoms with Crippen LogP contribution in [0, 0.1) is 0 Å². The van der Waals surface area contributed by atoms with Crippen LogP contribution in [0.4, 0.5) is 0 Å². The molecule has 0 unspecified atom stereocenters. The number of carbonyl (C=O) groups excluding carboxylic acids is 1. The highest BCUT2D eigenvalue weighted by Crippen LogP contribution is 2.26. The summed E-state index contributed by atoms with van der Waals surface area (Å²) in [5.74, 6) is -0.200. The van der Waals surface area contributed by atoms with Gasteiger partial charge in [0.2, 0.25) is 5.91 Å². The van der Waals surface area contributed by atoms with Crippen molar-refractivity contribution in [3.05, 3.63) is 71.3 Å². The van der Waals surface area contributed by atoms with Crippen molar-refractivity contribution in [2.45, 2.75) is 39.8 Å². The lowest BCUT2D eigenvalue weighted by atomic mass is 10.1.